The summed E-state index contributed by atoms with van der Waals surface area (Å²) < 4.78 is 1.57. The molecule has 0 aliphatic heterocycles. The number of carboxylic acids is 1. The lowest BCUT2D eigenvalue weighted by atomic mass is 9.86. The van der Waals surface area contributed by atoms with Gasteiger partial charge in [-0.05, 0) is 38.7 Å². The number of aliphatic carboxylic acids is 1. The summed E-state index contributed by atoms with van der Waals surface area (Å²) >= 11 is 1.47. The lowest BCUT2D eigenvalue weighted by Crippen LogP contribution is -2.24. The maximum absolute atomic E-state index is 12.6. The molecule has 106 valence electrons. The second kappa shape index (κ2) is 4.70. The molecule has 1 unspecified atom stereocenters. The Morgan fingerprint density at radius 3 is 2.95 bits per heavy atom. The summed E-state index contributed by atoms with van der Waals surface area (Å²) in [6.45, 7) is 3.84. The smallest absolute Gasteiger partial charge is 0.311 e. The average molecular weight is 292 g/mol. The monoisotopic (exact) mass is 292 g/mol. The number of carbonyl (C=O) groups is 1. The third-order valence-electron chi connectivity index (χ3n) is 3.85. The van der Waals surface area contributed by atoms with E-state index >= 15 is 0 Å². The Balaban J connectivity index is 2.35. The van der Waals surface area contributed by atoms with Crippen molar-refractivity contribution in [3.8, 4) is 0 Å². The van der Waals surface area contributed by atoms with Crippen LogP contribution in [0.2, 0.25) is 0 Å². The summed E-state index contributed by atoms with van der Waals surface area (Å²) in [6, 6.07) is 0.0156. The van der Waals surface area contributed by atoms with Gasteiger partial charge in [0.15, 0.2) is 0 Å². The zero-order valence-corrected chi connectivity index (χ0v) is 12.2. The molecule has 0 radical (unpaired) electrons. The van der Waals surface area contributed by atoms with Crippen LogP contribution in [0.3, 0.4) is 0 Å². The number of hydrogen-bond donors (Lipinski definition) is 1. The maximum atomic E-state index is 12.6. The lowest BCUT2D eigenvalue weighted by molar-refractivity contribution is -0.139. The predicted octanol–water partition coefficient (Wildman–Crippen LogP) is 2.54. The summed E-state index contributed by atoms with van der Waals surface area (Å²) in [5.74, 6) is -1.41. The van der Waals surface area contributed by atoms with E-state index < -0.39 is 11.9 Å². The van der Waals surface area contributed by atoms with Crippen molar-refractivity contribution in [2.45, 2.75) is 45.1 Å². The zero-order chi connectivity index (χ0) is 14.4. The minimum Gasteiger partial charge on any atom is -0.481 e. The molecule has 1 atom stereocenters. The fourth-order valence-electron chi connectivity index (χ4n) is 2.85. The standard InChI is InChI=1S/C14H16N2O3S/c1-7(2)16-6-15-12-11(13(16)17)10-8(14(18)19)4-3-5-9(10)20-12/h6-8H,3-5H2,1-2H3,(H,18,19). The van der Waals surface area contributed by atoms with Crippen LogP contribution in [0.5, 0.6) is 0 Å². The van der Waals surface area contributed by atoms with Crippen LogP contribution < -0.4 is 5.56 Å². The first kappa shape index (κ1) is 13.3. The largest absolute Gasteiger partial charge is 0.481 e. The number of aromatic nitrogens is 2. The molecular formula is C14H16N2O3S. The molecular weight excluding hydrogens is 276 g/mol. The van der Waals surface area contributed by atoms with Crippen molar-refractivity contribution in [3.05, 3.63) is 27.1 Å². The van der Waals surface area contributed by atoms with Crippen molar-refractivity contribution in [3.63, 3.8) is 0 Å². The molecule has 20 heavy (non-hydrogen) atoms. The van der Waals surface area contributed by atoms with E-state index in [0.29, 0.717) is 16.6 Å². The highest BCUT2D eigenvalue weighted by atomic mass is 32.1. The van der Waals surface area contributed by atoms with Crippen molar-refractivity contribution >= 4 is 27.5 Å². The maximum Gasteiger partial charge on any atom is 0.311 e. The van der Waals surface area contributed by atoms with Crippen LogP contribution in [0, 0.1) is 0 Å². The van der Waals surface area contributed by atoms with Gasteiger partial charge < -0.3 is 5.11 Å². The van der Waals surface area contributed by atoms with Gasteiger partial charge in [0, 0.05) is 10.9 Å². The van der Waals surface area contributed by atoms with Crippen molar-refractivity contribution in [2.24, 2.45) is 0 Å². The summed E-state index contributed by atoms with van der Waals surface area (Å²) in [5, 5.41) is 9.93. The summed E-state index contributed by atoms with van der Waals surface area (Å²) in [5.41, 5.74) is 0.604. The lowest BCUT2D eigenvalue weighted by Gasteiger charge is -2.19. The Morgan fingerprint density at radius 1 is 1.55 bits per heavy atom. The topological polar surface area (TPSA) is 72.2 Å². The summed E-state index contributed by atoms with van der Waals surface area (Å²) in [7, 11) is 0. The summed E-state index contributed by atoms with van der Waals surface area (Å²) in [4.78, 5) is 30.1. The zero-order valence-electron chi connectivity index (χ0n) is 11.4. The van der Waals surface area contributed by atoms with Crippen LogP contribution in [0.25, 0.3) is 10.2 Å². The average Bonchev–Trinajstić information content (AvgIpc) is 2.77. The Kier molecular flexibility index (Phi) is 3.12. The highest BCUT2D eigenvalue weighted by Gasteiger charge is 2.32. The molecule has 5 nitrogen and oxygen atoms in total. The van der Waals surface area contributed by atoms with Gasteiger partial charge in [-0.15, -0.1) is 11.3 Å². The van der Waals surface area contributed by atoms with E-state index in [-0.39, 0.29) is 11.6 Å². The van der Waals surface area contributed by atoms with E-state index in [9.17, 15) is 14.7 Å². The molecule has 0 aromatic carbocycles. The van der Waals surface area contributed by atoms with Gasteiger partial charge in [-0.2, -0.15) is 0 Å². The van der Waals surface area contributed by atoms with Crippen LogP contribution in [-0.4, -0.2) is 20.6 Å². The predicted molar refractivity (Wildman–Crippen MR) is 77.6 cm³/mol. The van der Waals surface area contributed by atoms with Gasteiger partial charge in [0.2, 0.25) is 0 Å². The third-order valence-corrected chi connectivity index (χ3v) is 5.02. The molecule has 0 saturated heterocycles. The molecule has 1 aliphatic rings. The quantitative estimate of drug-likeness (QED) is 0.923. The first-order valence-corrected chi connectivity index (χ1v) is 7.57. The van der Waals surface area contributed by atoms with E-state index in [4.69, 9.17) is 0 Å². The van der Waals surface area contributed by atoms with Crippen LogP contribution in [0.4, 0.5) is 0 Å². The number of thiophene rings is 1. The SMILES string of the molecule is CC(C)n1cnc2sc3c(c2c1=O)C(C(=O)O)CCC3. The van der Waals surface area contributed by atoms with Gasteiger partial charge in [0.25, 0.3) is 5.56 Å². The molecule has 0 bridgehead atoms. The van der Waals surface area contributed by atoms with E-state index in [0.717, 1.165) is 23.3 Å². The van der Waals surface area contributed by atoms with Crippen LogP contribution >= 0.6 is 11.3 Å². The molecule has 3 rings (SSSR count). The molecule has 2 aromatic heterocycles. The number of fused-ring (bicyclic) bond motifs is 3. The Hall–Kier alpha value is -1.69. The van der Waals surface area contributed by atoms with E-state index in [2.05, 4.69) is 4.98 Å². The van der Waals surface area contributed by atoms with E-state index in [1.807, 2.05) is 13.8 Å². The van der Waals surface area contributed by atoms with Gasteiger partial charge in [-0.3, -0.25) is 14.2 Å². The van der Waals surface area contributed by atoms with Crippen LogP contribution in [0.1, 0.15) is 49.1 Å². The van der Waals surface area contributed by atoms with Gasteiger partial charge in [0.1, 0.15) is 4.83 Å². The normalized spacial score (nSPS) is 18.4. The van der Waals surface area contributed by atoms with Gasteiger partial charge in [-0.1, -0.05) is 0 Å². The van der Waals surface area contributed by atoms with Gasteiger partial charge >= 0.3 is 5.97 Å². The number of nitrogens with zero attached hydrogens (tertiary/aromatic N) is 2. The second-order valence-electron chi connectivity index (χ2n) is 5.45. The van der Waals surface area contributed by atoms with Gasteiger partial charge in [0.05, 0.1) is 17.6 Å². The molecule has 0 fully saturated rings. The fraction of sp³-hybridized carbons (Fsp3) is 0.500. The number of aryl methyl sites for hydroxylation is 1. The minimum atomic E-state index is -0.843. The van der Waals surface area contributed by atoms with E-state index in [1.165, 1.54) is 11.3 Å². The Bertz CT molecular complexity index is 745. The molecule has 6 heteroatoms. The van der Waals surface area contributed by atoms with Crippen molar-refractivity contribution in [1.82, 2.24) is 9.55 Å². The second-order valence-corrected chi connectivity index (χ2v) is 6.54. The molecule has 2 aromatic rings. The first-order chi connectivity index (χ1) is 9.50. The molecule has 1 aliphatic carbocycles. The van der Waals surface area contributed by atoms with Crippen LogP contribution in [-0.2, 0) is 11.2 Å². The molecule has 0 amide bonds. The number of hydrogen-bond acceptors (Lipinski definition) is 4. The molecule has 2 heterocycles. The first-order valence-electron chi connectivity index (χ1n) is 6.76. The van der Waals surface area contributed by atoms with E-state index in [1.54, 1.807) is 10.9 Å². The van der Waals surface area contributed by atoms with Crippen molar-refractivity contribution < 1.29 is 9.90 Å². The molecule has 0 saturated carbocycles. The van der Waals surface area contributed by atoms with Gasteiger partial charge in [-0.25, -0.2) is 4.98 Å². The number of carboxylic acid groups (broad SMARTS) is 1. The molecule has 1 N–H and O–H groups in total. The number of rotatable bonds is 2. The van der Waals surface area contributed by atoms with Crippen molar-refractivity contribution in [1.29, 1.82) is 0 Å². The highest BCUT2D eigenvalue weighted by Crippen LogP contribution is 2.40. The minimum absolute atomic E-state index is 0.0156. The highest BCUT2D eigenvalue weighted by molar-refractivity contribution is 7.18. The Morgan fingerprint density at radius 2 is 2.30 bits per heavy atom. The van der Waals surface area contributed by atoms with Crippen LogP contribution in [0.15, 0.2) is 11.1 Å². The fourth-order valence-corrected chi connectivity index (χ4v) is 4.08. The summed E-state index contributed by atoms with van der Waals surface area (Å²) in [6.07, 6.45) is 3.87. The third kappa shape index (κ3) is 1.86. The molecule has 0 spiro atoms. The Labute approximate surface area is 119 Å². The van der Waals surface area contributed by atoms with Crippen molar-refractivity contribution in [2.75, 3.05) is 0 Å².